The Kier molecular flexibility index (Phi) is 3.14. The first-order chi connectivity index (χ1) is 9.70. The molecule has 0 spiro atoms. The highest BCUT2D eigenvalue weighted by molar-refractivity contribution is 5.96. The molecule has 0 atom stereocenters. The molecule has 2 aromatic rings. The van der Waals surface area contributed by atoms with Crippen molar-refractivity contribution in [2.45, 2.75) is 19.8 Å². The third-order valence-electron chi connectivity index (χ3n) is 3.73. The molecule has 2 heterocycles. The first-order valence-corrected chi connectivity index (χ1v) is 6.79. The van der Waals surface area contributed by atoms with Crippen molar-refractivity contribution in [3.8, 4) is 11.3 Å². The van der Waals surface area contributed by atoms with Crippen LogP contribution in [-0.2, 0) is 6.42 Å². The number of benzene rings is 1. The van der Waals surface area contributed by atoms with Gasteiger partial charge in [0, 0.05) is 24.3 Å². The fraction of sp³-hybridized carbons (Fsp3) is 0.357. The Morgan fingerprint density at radius 2 is 2.30 bits per heavy atom. The van der Waals surface area contributed by atoms with Crippen LogP contribution in [0.15, 0.2) is 18.2 Å². The molecule has 6 nitrogen and oxygen atoms in total. The molecule has 0 saturated heterocycles. The third-order valence-corrected chi connectivity index (χ3v) is 3.73. The van der Waals surface area contributed by atoms with Gasteiger partial charge in [-0.1, -0.05) is 6.07 Å². The van der Waals surface area contributed by atoms with Gasteiger partial charge in [-0.15, -0.1) is 0 Å². The van der Waals surface area contributed by atoms with Crippen molar-refractivity contribution < 1.29 is 4.79 Å². The zero-order valence-electron chi connectivity index (χ0n) is 11.4. The van der Waals surface area contributed by atoms with Crippen molar-refractivity contribution in [2.24, 2.45) is 5.73 Å². The number of anilines is 1. The van der Waals surface area contributed by atoms with Crippen LogP contribution in [0, 0.1) is 0 Å². The molecule has 0 radical (unpaired) electrons. The van der Waals surface area contributed by atoms with Gasteiger partial charge in [-0.25, -0.2) is 0 Å². The van der Waals surface area contributed by atoms with E-state index in [4.69, 9.17) is 5.73 Å². The van der Waals surface area contributed by atoms with E-state index in [1.165, 1.54) is 11.3 Å². The molecular formula is C14H17N5O. The molecule has 0 aliphatic carbocycles. The number of aryl methyl sites for hydroxylation is 1. The molecule has 0 unspecified atom stereocenters. The Morgan fingerprint density at radius 1 is 1.45 bits per heavy atom. The van der Waals surface area contributed by atoms with Gasteiger partial charge in [0.05, 0.1) is 0 Å². The summed E-state index contributed by atoms with van der Waals surface area (Å²) in [6, 6.07) is 6.14. The second-order valence-electron chi connectivity index (χ2n) is 4.91. The summed E-state index contributed by atoms with van der Waals surface area (Å²) in [7, 11) is 0. The van der Waals surface area contributed by atoms with E-state index in [1.807, 2.05) is 6.07 Å². The number of fused-ring (bicyclic) bond motifs is 1. The minimum absolute atomic E-state index is 0.188. The normalized spacial score (nSPS) is 14.2. The number of nitrogens with two attached hydrogens (primary N) is 1. The highest BCUT2D eigenvalue weighted by Gasteiger charge is 2.19. The van der Waals surface area contributed by atoms with Crippen LogP contribution in [0.5, 0.6) is 0 Å². The lowest BCUT2D eigenvalue weighted by molar-refractivity contribution is 0.0996. The first-order valence-electron chi connectivity index (χ1n) is 6.79. The zero-order chi connectivity index (χ0) is 14.1. The second kappa shape index (κ2) is 4.96. The van der Waals surface area contributed by atoms with Gasteiger partial charge in [0.25, 0.3) is 5.91 Å². The Balaban J connectivity index is 2.04. The van der Waals surface area contributed by atoms with E-state index in [0.29, 0.717) is 5.69 Å². The van der Waals surface area contributed by atoms with Crippen LogP contribution in [0.2, 0.25) is 0 Å². The third kappa shape index (κ3) is 2.03. The number of primary amides is 1. The van der Waals surface area contributed by atoms with Crippen LogP contribution in [0.4, 0.5) is 5.69 Å². The number of hydrogen-bond acceptors (Lipinski definition) is 4. The summed E-state index contributed by atoms with van der Waals surface area (Å²) in [4.78, 5) is 13.7. The van der Waals surface area contributed by atoms with Crippen LogP contribution in [-0.4, -0.2) is 34.4 Å². The molecule has 104 valence electrons. The van der Waals surface area contributed by atoms with Gasteiger partial charge in [0.15, 0.2) is 5.69 Å². The fourth-order valence-electron chi connectivity index (χ4n) is 2.75. The van der Waals surface area contributed by atoms with Gasteiger partial charge in [-0.2, -0.15) is 15.4 Å². The molecule has 1 amide bonds. The molecule has 3 N–H and O–H groups in total. The van der Waals surface area contributed by atoms with Crippen molar-refractivity contribution in [1.82, 2.24) is 15.4 Å². The Hall–Kier alpha value is -2.37. The molecule has 3 rings (SSSR count). The van der Waals surface area contributed by atoms with Crippen molar-refractivity contribution >= 4 is 11.6 Å². The van der Waals surface area contributed by atoms with E-state index in [2.05, 4.69) is 39.4 Å². The summed E-state index contributed by atoms with van der Waals surface area (Å²) in [6.45, 7) is 4.26. The number of carbonyl (C=O) groups is 1. The highest BCUT2D eigenvalue weighted by Crippen LogP contribution is 2.31. The van der Waals surface area contributed by atoms with Crippen molar-refractivity contribution in [2.75, 3.05) is 18.0 Å². The highest BCUT2D eigenvalue weighted by atomic mass is 16.1. The Morgan fingerprint density at radius 3 is 3.05 bits per heavy atom. The molecule has 1 aliphatic heterocycles. The van der Waals surface area contributed by atoms with Crippen molar-refractivity contribution in [3.63, 3.8) is 0 Å². The molecule has 0 bridgehead atoms. The Bertz CT molecular complexity index is 649. The number of hydrogen-bond donors (Lipinski definition) is 2. The van der Waals surface area contributed by atoms with Gasteiger partial charge in [-0.3, -0.25) is 4.79 Å². The average molecular weight is 271 g/mol. The van der Waals surface area contributed by atoms with E-state index >= 15 is 0 Å². The molecule has 1 aliphatic rings. The summed E-state index contributed by atoms with van der Waals surface area (Å²) >= 11 is 0. The van der Waals surface area contributed by atoms with E-state index in [-0.39, 0.29) is 5.69 Å². The summed E-state index contributed by atoms with van der Waals surface area (Å²) in [5.41, 5.74) is 9.45. The lowest BCUT2D eigenvalue weighted by atomic mass is 9.97. The largest absolute Gasteiger partial charge is 0.372 e. The predicted octanol–water partition coefficient (Wildman–Crippen LogP) is 1.34. The molecular weight excluding hydrogens is 254 g/mol. The SMILES string of the molecule is CCN1CCCc2cc(-c3n[nH]nc3C(N)=O)ccc21. The van der Waals surface area contributed by atoms with Crippen LogP contribution in [0.1, 0.15) is 29.4 Å². The minimum atomic E-state index is -0.568. The summed E-state index contributed by atoms with van der Waals surface area (Å²) < 4.78 is 0. The van der Waals surface area contributed by atoms with Crippen LogP contribution in [0.25, 0.3) is 11.3 Å². The quantitative estimate of drug-likeness (QED) is 0.881. The minimum Gasteiger partial charge on any atom is -0.372 e. The number of carbonyl (C=O) groups excluding carboxylic acids is 1. The van der Waals surface area contributed by atoms with Gasteiger partial charge in [0.1, 0.15) is 5.69 Å². The standard InChI is InChI=1S/C14H17N5O/c1-2-19-7-3-4-9-8-10(5-6-11(9)19)12-13(14(15)20)17-18-16-12/h5-6,8H,2-4,7H2,1H3,(H2,15,20)(H,16,17,18). The summed E-state index contributed by atoms with van der Waals surface area (Å²) in [5.74, 6) is -0.568. The van der Waals surface area contributed by atoms with Crippen molar-refractivity contribution in [3.05, 3.63) is 29.5 Å². The number of aromatic nitrogens is 3. The van der Waals surface area contributed by atoms with Gasteiger partial charge in [-0.05, 0) is 37.5 Å². The van der Waals surface area contributed by atoms with E-state index < -0.39 is 5.91 Å². The topological polar surface area (TPSA) is 87.9 Å². The predicted molar refractivity (Wildman–Crippen MR) is 76.5 cm³/mol. The van der Waals surface area contributed by atoms with Crippen LogP contribution in [0.3, 0.4) is 0 Å². The lowest BCUT2D eigenvalue weighted by Gasteiger charge is -2.30. The molecule has 6 heteroatoms. The maximum Gasteiger partial charge on any atom is 0.271 e. The smallest absolute Gasteiger partial charge is 0.271 e. The number of H-pyrrole nitrogens is 1. The molecule has 1 aromatic heterocycles. The van der Waals surface area contributed by atoms with Crippen LogP contribution < -0.4 is 10.6 Å². The average Bonchev–Trinajstić information content (AvgIpc) is 2.95. The maximum atomic E-state index is 11.3. The summed E-state index contributed by atoms with van der Waals surface area (Å²) in [5, 5.41) is 10.3. The second-order valence-corrected chi connectivity index (χ2v) is 4.91. The van der Waals surface area contributed by atoms with E-state index in [9.17, 15) is 4.79 Å². The van der Waals surface area contributed by atoms with Gasteiger partial charge in [0.2, 0.25) is 0 Å². The summed E-state index contributed by atoms with van der Waals surface area (Å²) in [6.07, 6.45) is 2.19. The lowest BCUT2D eigenvalue weighted by Crippen LogP contribution is -2.28. The van der Waals surface area contributed by atoms with Crippen LogP contribution >= 0.6 is 0 Å². The van der Waals surface area contributed by atoms with E-state index in [1.54, 1.807) is 0 Å². The number of nitrogens with zero attached hydrogens (tertiary/aromatic N) is 3. The zero-order valence-corrected chi connectivity index (χ0v) is 11.4. The number of nitrogens with one attached hydrogen (secondary N) is 1. The fourth-order valence-corrected chi connectivity index (χ4v) is 2.75. The number of aromatic amines is 1. The maximum absolute atomic E-state index is 11.3. The van der Waals surface area contributed by atoms with Crippen molar-refractivity contribution in [1.29, 1.82) is 0 Å². The Labute approximate surface area is 117 Å². The first kappa shape index (κ1) is 12.7. The molecule has 0 saturated carbocycles. The van der Waals surface area contributed by atoms with E-state index in [0.717, 1.165) is 31.5 Å². The molecule has 0 fully saturated rings. The van der Waals surface area contributed by atoms with Gasteiger partial charge < -0.3 is 10.6 Å². The molecule has 20 heavy (non-hydrogen) atoms. The number of rotatable bonds is 3. The molecule has 1 aromatic carbocycles. The monoisotopic (exact) mass is 271 g/mol. The number of amides is 1. The van der Waals surface area contributed by atoms with Gasteiger partial charge >= 0.3 is 0 Å².